The third-order valence-electron chi connectivity index (χ3n) is 2.56. The van der Waals surface area contributed by atoms with Crippen LogP contribution in [0.5, 0.6) is 0 Å². The second-order valence-electron chi connectivity index (χ2n) is 3.74. The number of amides is 1. The monoisotopic (exact) mass is 287 g/mol. The largest absolute Gasteiger partial charge is 0.353 e. The number of halogens is 2. The number of nitrogens with one attached hydrogen (secondary N) is 1. The third kappa shape index (κ3) is 2.73. The predicted octanol–water partition coefficient (Wildman–Crippen LogP) is 2.92. The molecule has 1 aromatic carbocycles. The molecule has 0 radical (unpaired) electrons. The Kier molecular flexibility index (Phi) is 3.32. The fourth-order valence-electron chi connectivity index (χ4n) is 1.80. The molecule has 2 nitrogen and oxygen atoms in total. The van der Waals surface area contributed by atoms with E-state index in [-0.39, 0.29) is 11.9 Å². The van der Waals surface area contributed by atoms with Crippen molar-refractivity contribution in [3.05, 3.63) is 33.3 Å². The Balaban J connectivity index is 2.10. The van der Waals surface area contributed by atoms with Crippen LogP contribution in [0.15, 0.2) is 22.7 Å². The molecule has 1 saturated heterocycles. The van der Waals surface area contributed by atoms with Gasteiger partial charge in [0, 0.05) is 22.0 Å². The molecule has 0 bridgehead atoms. The summed E-state index contributed by atoms with van der Waals surface area (Å²) in [6.07, 6.45) is 2.40. The highest BCUT2D eigenvalue weighted by Crippen LogP contribution is 2.24. The molecule has 1 heterocycles. The fourth-order valence-corrected chi connectivity index (χ4v) is 2.40. The molecule has 1 aromatic rings. The van der Waals surface area contributed by atoms with E-state index in [1.165, 1.54) is 0 Å². The number of benzene rings is 1. The number of hydrogen-bond donors (Lipinski definition) is 1. The van der Waals surface area contributed by atoms with E-state index in [1.807, 2.05) is 18.2 Å². The first-order valence-electron chi connectivity index (χ1n) is 4.88. The molecule has 2 rings (SSSR count). The Labute approximate surface area is 102 Å². The van der Waals surface area contributed by atoms with Gasteiger partial charge in [-0.25, -0.2) is 0 Å². The van der Waals surface area contributed by atoms with Gasteiger partial charge in [0.05, 0.1) is 0 Å². The number of carbonyl (C=O) groups excluding carboxylic acids is 1. The lowest BCUT2D eigenvalue weighted by Gasteiger charge is -2.11. The zero-order chi connectivity index (χ0) is 10.8. The van der Waals surface area contributed by atoms with Gasteiger partial charge in [-0.05, 0) is 36.6 Å². The fraction of sp³-hybridized carbons (Fsp3) is 0.364. The molecule has 0 saturated carbocycles. The first kappa shape index (κ1) is 11.0. The molecular formula is C11H11BrClNO. The van der Waals surface area contributed by atoms with E-state index in [0.29, 0.717) is 6.42 Å². The lowest BCUT2D eigenvalue weighted by atomic mass is 10.0. The van der Waals surface area contributed by atoms with Crippen LogP contribution in [0.4, 0.5) is 0 Å². The summed E-state index contributed by atoms with van der Waals surface area (Å²) >= 11 is 9.40. The number of hydrogen-bond acceptors (Lipinski definition) is 1. The highest BCUT2D eigenvalue weighted by atomic mass is 79.9. The van der Waals surface area contributed by atoms with Crippen molar-refractivity contribution in [3.63, 3.8) is 0 Å². The molecule has 1 amide bonds. The zero-order valence-electron chi connectivity index (χ0n) is 8.09. The van der Waals surface area contributed by atoms with Crippen LogP contribution in [-0.4, -0.2) is 11.9 Å². The molecule has 1 atom stereocenters. The summed E-state index contributed by atoms with van der Waals surface area (Å²) in [5.41, 5.74) is 1.15. The van der Waals surface area contributed by atoms with Gasteiger partial charge in [-0.2, -0.15) is 0 Å². The maximum absolute atomic E-state index is 11.0. The molecule has 1 fully saturated rings. The van der Waals surface area contributed by atoms with E-state index in [0.717, 1.165) is 27.9 Å². The minimum Gasteiger partial charge on any atom is -0.353 e. The minimum absolute atomic E-state index is 0.151. The lowest BCUT2D eigenvalue weighted by Crippen LogP contribution is -2.27. The Bertz CT molecular complexity index is 394. The molecular weight excluding hydrogens is 277 g/mol. The van der Waals surface area contributed by atoms with Gasteiger partial charge in [0.2, 0.25) is 5.91 Å². The highest BCUT2D eigenvalue weighted by Gasteiger charge is 2.21. The molecule has 0 spiro atoms. The van der Waals surface area contributed by atoms with Crippen molar-refractivity contribution in [2.75, 3.05) is 0 Å². The summed E-state index contributed by atoms with van der Waals surface area (Å²) in [7, 11) is 0. The van der Waals surface area contributed by atoms with E-state index in [9.17, 15) is 4.79 Å². The van der Waals surface area contributed by atoms with E-state index in [1.54, 1.807) is 0 Å². The van der Waals surface area contributed by atoms with Crippen LogP contribution >= 0.6 is 27.5 Å². The maximum Gasteiger partial charge on any atom is 0.220 e. The first-order valence-corrected chi connectivity index (χ1v) is 6.05. The second-order valence-corrected chi connectivity index (χ2v) is 5.03. The van der Waals surface area contributed by atoms with Crippen LogP contribution < -0.4 is 5.32 Å². The molecule has 1 aliphatic rings. The van der Waals surface area contributed by atoms with Crippen LogP contribution in [0, 0.1) is 0 Å². The van der Waals surface area contributed by atoms with Crippen LogP contribution in [0.3, 0.4) is 0 Å². The SMILES string of the molecule is O=C1CCC(Cc2cc(Cl)ccc2Br)N1. The number of carbonyl (C=O) groups is 1. The van der Waals surface area contributed by atoms with Crippen LogP contribution in [0.1, 0.15) is 18.4 Å². The normalized spacial score (nSPS) is 20.4. The van der Waals surface area contributed by atoms with E-state index < -0.39 is 0 Å². The van der Waals surface area contributed by atoms with Gasteiger partial charge >= 0.3 is 0 Å². The van der Waals surface area contributed by atoms with Crippen LogP contribution in [-0.2, 0) is 11.2 Å². The molecule has 4 heteroatoms. The van der Waals surface area contributed by atoms with Gasteiger partial charge in [-0.1, -0.05) is 27.5 Å². The first-order chi connectivity index (χ1) is 7.15. The number of rotatable bonds is 2. The Morgan fingerprint density at radius 2 is 2.33 bits per heavy atom. The molecule has 80 valence electrons. The van der Waals surface area contributed by atoms with E-state index in [4.69, 9.17) is 11.6 Å². The quantitative estimate of drug-likeness (QED) is 0.891. The minimum atomic E-state index is 0.151. The van der Waals surface area contributed by atoms with Gasteiger partial charge in [0.1, 0.15) is 0 Å². The summed E-state index contributed by atoms with van der Waals surface area (Å²) < 4.78 is 1.05. The van der Waals surface area contributed by atoms with Crippen molar-refractivity contribution in [3.8, 4) is 0 Å². The van der Waals surface area contributed by atoms with Crippen LogP contribution in [0.2, 0.25) is 5.02 Å². The molecule has 15 heavy (non-hydrogen) atoms. The molecule has 0 aromatic heterocycles. The summed E-state index contributed by atoms with van der Waals surface area (Å²) in [6.45, 7) is 0. The third-order valence-corrected chi connectivity index (χ3v) is 3.57. The predicted molar refractivity (Wildman–Crippen MR) is 64.0 cm³/mol. The molecule has 0 aliphatic carbocycles. The molecule has 1 N–H and O–H groups in total. The van der Waals surface area contributed by atoms with Crippen molar-refractivity contribution in [2.45, 2.75) is 25.3 Å². The summed E-state index contributed by atoms with van der Waals surface area (Å²) in [4.78, 5) is 11.0. The molecule has 1 aliphatic heterocycles. The highest BCUT2D eigenvalue weighted by molar-refractivity contribution is 9.10. The van der Waals surface area contributed by atoms with Crippen molar-refractivity contribution < 1.29 is 4.79 Å². The van der Waals surface area contributed by atoms with Gasteiger partial charge in [0.25, 0.3) is 0 Å². The van der Waals surface area contributed by atoms with Crippen molar-refractivity contribution in [1.29, 1.82) is 0 Å². The average molecular weight is 289 g/mol. The maximum atomic E-state index is 11.0. The van der Waals surface area contributed by atoms with Gasteiger partial charge < -0.3 is 5.32 Å². The Hall–Kier alpha value is -0.540. The van der Waals surface area contributed by atoms with Gasteiger partial charge in [-0.15, -0.1) is 0 Å². The van der Waals surface area contributed by atoms with Crippen molar-refractivity contribution >= 4 is 33.4 Å². The van der Waals surface area contributed by atoms with Crippen LogP contribution in [0.25, 0.3) is 0 Å². The van der Waals surface area contributed by atoms with Crippen molar-refractivity contribution in [2.24, 2.45) is 0 Å². The smallest absolute Gasteiger partial charge is 0.220 e. The second kappa shape index (κ2) is 4.54. The average Bonchev–Trinajstić information content (AvgIpc) is 2.58. The zero-order valence-corrected chi connectivity index (χ0v) is 10.4. The molecule has 1 unspecified atom stereocenters. The Morgan fingerprint density at radius 3 is 3.00 bits per heavy atom. The summed E-state index contributed by atoms with van der Waals surface area (Å²) in [5, 5.41) is 3.68. The topological polar surface area (TPSA) is 29.1 Å². The van der Waals surface area contributed by atoms with Gasteiger partial charge in [0.15, 0.2) is 0 Å². The van der Waals surface area contributed by atoms with E-state index in [2.05, 4.69) is 21.2 Å². The van der Waals surface area contributed by atoms with Crippen molar-refractivity contribution in [1.82, 2.24) is 5.32 Å². The lowest BCUT2D eigenvalue weighted by molar-refractivity contribution is -0.119. The standard InChI is InChI=1S/C11H11BrClNO/c12-10-3-1-8(13)5-7(10)6-9-2-4-11(15)14-9/h1,3,5,9H,2,4,6H2,(H,14,15). The summed E-state index contributed by atoms with van der Waals surface area (Å²) in [5.74, 6) is 0.151. The Morgan fingerprint density at radius 1 is 1.53 bits per heavy atom. The van der Waals surface area contributed by atoms with Gasteiger partial charge in [-0.3, -0.25) is 4.79 Å². The van der Waals surface area contributed by atoms with E-state index >= 15 is 0 Å². The summed E-state index contributed by atoms with van der Waals surface area (Å²) in [6, 6.07) is 5.99.